The molecule has 204 valence electrons. The van der Waals surface area contributed by atoms with Crippen LogP contribution in [0.25, 0.3) is 0 Å². The van der Waals surface area contributed by atoms with Gasteiger partial charge in [-0.05, 0) is 75.0 Å². The quantitative estimate of drug-likeness (QED) is 0.281. The molecule has 36 heavy (non-hydrogen) atoms. The van der Waals surface area contributed by atoms with Gasteiger partial charge in [0, 0.05) is 39.4 Å². The average molecular weight is 524 g/mol. The molecule has 2 fully saturated rings. The SMILES string of the molecule is CNC[C@H](CC1CCCCC1)NC(=O)N1CCC[C@@H](C[C@H](CCCCOC)c2cccc(Cl)c2F)C1. The van der Waals surface area contributed by atoms with Gasteiger partial charge in [-0.25, -0.2) is 9.18 Å². The van der Waals surface area contributed by atoms with E-state index in [0.717, 1.165) is 77.1 Å². The number of rotatable bonds is 13. The van der Waals surface area contributed by atoms with E-state index in [4.69, 9.17) is 16.3 Å². The minimum atomic E-state index is -0.293. The second-order valence-electron chi connectivity index (χ2n) is 11.0. The van der Waals surface area contributed by atoms with Gasteiger partial charge in [0.05, 0.1) is 5.02 Å². The van der Waals surface area contributed by atoms with E-state index < -0.39 is 0 Å². The molecule has 0 aromatic heterocycles. The number of urea groups is 1. The van der Waals surface area contributed by atoms with Crippen LogP contribution >= 0.6 is 11.6 Å². The fourth-order valence-electron chi connectivity index (χ4n) is 6.25. The van der Waals surface area contributed by atoms with Crippen LogP contribution in [0, 0.1) is 17.7 Å². The maximum atomic E-state index is 15.0. The van der Waals surface area contributed by atoms with Crippen molar-refractivity contribution in [3.8, 4) is 0 Å². The lowest BCUT2D eigenvalue weighted by Crippen LogP contribution is -2.51. The maximum absolute atomic E-state index is 15.0. The molecule has 1 aromatic rings. The molecule has 1 aliphatic heterocycles. The number of ether oxygens (including phenoxy) is 1. The first-order valence-electron chi connectivity index (χ1n) is 14.1. The molecular formula is C29H47ClFN3O2. The van der Waals surface area contributed by atoms with Crippen LogP contribution in [0.2, 0.25) is 5.02 Å². The number of unbranched alkanes of at least 4 members (excludes halogenated alkanes) is 1. The second-order valence-corrected chi connectivity index (χ2v) is 11.4. The summed E-state index contributed by atoms with van der Waals surface area (Å²) in [5, 5.41) is 6.79. The summed E-state index contributed by atoms with van der Waals surface area (Å²) in [6, 6.07) is 5.56. The van der Waals surface area contributed by atoms with Crippen LogP contribution in [-0.2, 0) is 4.74 Å². The predicted molar refractivity (Wildman–Crippen MR) is 146 cm³/mol. The van der Waals surface area contributed by atoms with Gasteiger partial charge in [-0.15, -0.1) is 0 Å². The lowest BCUT2D eigenvalue weighted by atomic mass is 9.82. The highest BCUT2D eigenvalue weighted by atomic mass is 35.5. The maximum Gasteiger partial charge on any atom is 0.317 e. The molecule has 2 aliphatic rings. The molecule has 5 nitrogen and oxygen atoms in total. The van der Waals surface area contributed by atoms with E-state index in [1.54, 1.807) is 13.2 Å². The van der Waals surface area contributed by atoms with E-state index in [1.807, 2.05) is 24.1 Å². The third-order valence-corrected chi connectivity index (χ3v) is 8.41. The molecule has 1 saturated heterocycles. The van der Waals surface area contributed by atoms with Crippen LogP contribution in [0.4, 0.5) is 9.18 Å². The molecule has 1 aromatic carbocycles. The number of carbonyl (C=O) groups is 1. The Morgan fingerprint density at radius 1 is 1.14 bits per heavy atom. The summed E-state index contributed by atoms with van der Waals surface area (Å²) in [4.78, 5) is 15.3. The van der Waals surface area contributed by atoms with Gasteiger partial charge in [-0.1, -0.05) is 62.3 Å². The summed E-state index contributed by atoms with van der Waals surface area (Å²) in [6.07, 6.45) is 13.4. The largest absolute Gasteiger partial charge is 0.385 e. The topological polar surface area (TPSA) is 53.6 Å². The minimum Gasteiger partial charge on any atom is -0.385 e. The first kappa shape index (κ1) is 29.2. The first-order valence-corrected chi connectivity index (χ1v) is 14.5. The first-order chi connectivity index (χ1) is 17.5. The van der Waals surface area contributed by atoms with Gasteiger partial charge in [0.1, 0.15) is 5.82 Å². The fraction of sp³-hybridized carbons (Fsp3) is 0.759. The molecule has 1 aliphatic carbocycles. The van der Waals surface area contributed by atoms with Gasteiger partial charge in [0.15, 0.2) is 0 Å². The summed E-state index contributed by atoms with van der Waals surface area (Å²) >= 11 is 6.13. The highest BCUT2D eigenvalue weighted by Gasteiger charge is 2.29. The Kier molecular flexibility index (Phi) is 12.8. The van der Waals surface area contributed by atoms with Crippen molar-refractivity contribution < 1.29 is 13.9 Å². The van der Waals surface area contributed by atoms with Gasteiger partial charge >= 0.3 is 6.03 Å². The number of amides is 2. The molecule has 7 heteroatoms. The van der Waals surface area contributed by atoms with Crippen molar-refractivity contribution >= 4 is 17.6 Å². The number of nitrogens with one attached hydrogen (secondary N) is 2. The number of nitrogens with zero attached hydrogens (tertiary/aromatic N) is 1. The zero-order valence-corrected chi connectivity index (χ0v) is 23.1. The summed E-state index contributed by atoms with van der Waals surface area (Å²) in [5.41, 5.74) is 0.711. The van der Waals surface area contributed by atoms with Crippen LogP contribution in [0.15, 0.2) is 18.2 Å². The normalized spacial score (nSPS) is 20.8. The van der Waals surface area contributed by atoms with E-state index in [2.05, 4.69) is 10.6 Å². The number of methoxy groups -OCH3 is 1. The summed E-state index contributed by atoms with van der Waals surface area (Å²) < 4.78 is 20.2. The fourth-order valence-corrected chi connectivity index (χ4v) is 6.43. The Morgan fingerprint density at radius 2 is 1.92 bits per heavy atom. The highest BCUT2D eigenvalue weighted by molar-refractivity contribution is 6.30. The van der Waals surface area contributed by atoms with Crippen molar-refractivity contribution in [1.82, 2.24) is 15.5 Å². The summed E-state index contributed by atoms with van der Waals surface area (Å²) in [7, 11) is 3.67. The summed E-state index contributed by atoms with van der Waals surface area (Å²) in [6.45, 7) is 3.05. The molecule has 1 saturated carbocycles. The zero-order valence-electron chi connectivity index (χ0n) is 22.4. The van der Waals surface area contributed by atoms with E-state index in [0.29, 0.717) is 11.5 Å². The molecule has 2 amide bonds. The van der Waals surface area contributed by atoms with Crippen molar-refractivity contribution in [1.29, 1.82) is 0 Å². The van der Waals surface area contributed by atoms with Crippen molar-refractivity contribution in [2.24, 2.45) is 11.8 Å². The lowest BCUT2D eigenvalue weighted by Gasteiger charge is -2.36. The average Bonchev–Trinajstić information content (AvgIpc) is 2.88. The molecule has 0 bridgehead atoms. The highest BCUT2D eigenvalue weighted by Crippen LogP contribution is 2.36. The van der Waals surface area contributed by atoms with E-state index in [9.17, 15) is 9.18 Å². The van der Waals surface area contributed by atoms with Gasteiger partial charge in [-0.2, -0.15) is 0 Å². The van der Waals surface area contributed by atoms with Gasteiger partial charge < -0.3 is 20.3 Å². The third-order valence-electron chi connectivity index (χ3n) is 8.12. The zero-order chi connectivity index (χ0) is 25.8. The Balaban J connectivity index is 1.59. The number of carbonyl (C=O) groups excluding carboxylic acids is 1. The molecule has 2 N–H and O–H groups in total. The molecule has 0 spiro atoms. The molecule has 3 atom stereocenters. The van der Waals surface area contributed by atoms with Gasteiger partial charge in [0.2, 0.25) is 0 Å². The Bertz CT molecular complexity index is 790. The van der Waals surface area contributed by atoms with Crippen molar-refractivity contribution in [2.45, 2.75) is 89.0 Å². The lowest BCUT2D eigenvalue weighted by molar-refractivity contribution is 0.152. The van der Waals surface area contributed by atoms with E-state index in [-0.39, 0.29) is 28.8 Å². The molecule has 0 radical (unpaired) electrons. The van der Waals surface area contributed by atoms with Crippen molar-refractivity contribution in [3.05, 3.63) is 34.6 Å². The number of benzene rings is 1. The number of likely N-dealkylation sites (tertiary alicyclic amines) is 1. The van der Waals surface area contributed by atoms with Crippen molar-refractivity contribution in [3.63, 3.8) is 0 Å². The van der Waals surface area contributed by atoms with Gasteiger partial charge in [-0.3, -0.25) is 0 Å². The Morgan fingerprint density at radius 3 is 2.67 bits per heavy atom. The van der Waals surface area contributed by atoms with Gasteiger partial charge in [0.25, 0.3) is 0 Å². The number of likely N-dealkylation sites (N-methyl/N-ethyl adjacent to an activating group) is 1. The monoisotopic (exact) mass is 523 g/mol. The van der Waals surface area contributed by atoms with E-state index in [1.165, 1.54) is 32.1 Å². The van der Waals surface area contributed by atoms with Crippen molar-refractivity contribution in [2.75, 3.05) is 40.4 Å². The minimum absolute atomic E-state index is 0.0568. The number of hydrogen-bond donors (Lipinski definition) is 2. The predicted octanol–water partition coefficient (Wildman–Crippen LogP) is 6.75. The molecule has 1 heterocycles. The third kappa shape index (κ3) is 9.18. The van der Waals surface area contributed by atoms with Crippen LogP contribution in [0.5, 0.6) is 0 Å². The molecule has 0 unspecified atom stereocenters. The smallest absolute Gasteiger partial charge is 0.317 e. The molecular weight excluding hydrogens is 477 g/mol. The van der Waals surface area contributed by atoms with Crippen LogP contribution in [0.3, 0.4) is 0 Å². The Labute approximate surface area is 222 Å². The van der Waals surface area contributed by atoms with Crippen LogP contribution in [0.1, 0.15) is 88.5 Å². The van der Waals surface area contributed by atoms with Crippen LogP contribution in [-0.4, -0.2) is 57.4 Å². The number of piperidine rings is 1. The second kappa shape index (κ2) is 15.8. The number of hydrogen-bond acceptors (Lipinski definition) is 3. The standard InChI is InChI=1S/C29H47ClFN3O2/c1-32-20-25(19-22-10-4-3-5-11-22)33-29(35)34-16-9-12-23(21-34)18-24(13-6-7-17-36-2)26-14-8-15-27(30)28(26)31/h8,14-15,22-25,32H,3-7,9-13,16-21H2,1-2H3,(H,33,35)/t23-,24-,25-/m0/s1. The summed E-state index contributed by atoms with van der Waals surface area (Å²) in [5.74, 6) is 0.880. The van der Waals surface area contributed by atoms with Crippen LogP contribution < -0.4 is 10.6 Å². The Hall–Kier alpha value is -1.37. The molecule has 3 rings (SSSR count). The van der Waals surface area contributed by atoms with E-state index >= 15 is 0 Å². The number of halogens is 2.